The molecule has 0 unspecified atom stereocenters. The Morgan fingerprint density at radius 3 is 2.45 bits per heavy atom. The van der Waals surface area contributed by atoms with Gasteiger partial charge in [0.1, 0.15) is 5.70 Å². The van der Waals surface area contributed by atoms with Crippen LogP contribution in [0, 0.1) is 5.92 Å². The van der Waals surface area contributed by atoms with Crippen molar-refractivity contribution in [2.24, 2.45) is 10.9 Å². The lowest BCUT2D eigenvalue weighted by Gasteiger charge is -2.03. The maximum absolute atomic E-state index is 4.35. The van der Waals surface area contributed by atoms with E-state index < -0.39 is 0 Å². The van der Waals surface area contributed by atoms with E-state index in [9.17, 15) is 0 Å². The van der Waals surface area contributed by atoms with Crippen LogP contribution in [0.2, 0.25) is 0 Å². The van der Waals surface area contributed by atoms with E-state index in [1.807, 2.05) is 6.08 Å². The van der Waals surface area contributed by atoms with Crippen molar-refractivity contribution in [3.63, 3.8) is 0 Å². The van der Waals surface area contributed by atoms with E-state index >= 15 is 0 Å². The van der Waals surface area contributed by atoms with E-state index in [1.54, 1.807) is 0 Å². The first-order chi connectivity index (χ1) is 5.15. The predicted molar refractivity (Wildman–Crippen MR) is 48.7 cm³/mol. The van der Waals surface area contributed by atoms with Gasteiger partial charge in [0.2, 0.25) is 0 Å². The first-order valence-corrected chi connectivity index (χ1v) is 3.82. The van der Waals surface area contributed by atoms with Gasteiger partial charge in [-0.3, -0.25) is 0 Å². The number of allylic oxidation sites excluding steroid dienone is 2. The van der Waals surface area contributed by atoms with Crippen molar-refractivity contribution < 1.29 is 0 Å². The lowest BCUT2D eigenvalue weighted by Crippen LogP contribution is -2.05. The zero-order chi connectivity index (χ0) is 8.43. The monoisotopic (exact) mass is 147 g/mol. The van der Waals surface area contributed by atoms with E-state index in [-0.39, 0.29) is 0 Å². The van der Waals surface area contributed by atoms with Crippen molar-refractivity contribution in [1.82, 2.24) is 0 Å². The van der Waals surface area contributed by atoms with Gasteiger partial charge in [-0.05, 0) is 24.5 Å². The van der Waals surface area contributed by atoms with Crippen molar-refractivity contribution in [1.29, 1.82) is 0 Å². The van der Waals surface area contributed by atoms with E-state index in [0.29, 0.717) is 5.92 Å². The first-order valence-electron chi connectivity index (χ1n) is 3.82. The van der Waals surface area contributed by atoms with Crippen LogP contribution in [0.5, 0.6) is 0 Å². The molecule has 1 aliphatic rings. The minimum absolute atomic E-state index is 0.497. The Kier molecular flexibility index (Phi) is 2.11. The summed E-state index contributed by atoms with van der Waals surface area (Å²) in [7, 11) is 0. The average Bonchev–Trinajstić information content (AvgIpc) is 2.30. The van der Waals surface area contributed by atoms with Crippen LogP contribution >= 0.6 is 0 Å². The van der Waals surface area contributed by atoms with Crippen LogP contribution in [0.4, 0.5) is 0 Å². The van der Waals surface area contributed by atoms with Gasteiger partial charge in [-0.1, -0.05) is 20.4 Å². The highest BCUT2D eigenvalue weighted by atomic mass is 14.8. The fourth-order valence-corrected chi connectivity index (χ4v) is 1.20. The zero-order valence-corrected chi connectivity index (χ0v) is 7.31. The normalized spacial score (nSPS) is 16.5. The molecule has 11 heavy (non-hydrogen) atoms. The molecule has 0 saturated heterocycles. The SMILES string of the molecule is C=C=C1C=C(C)C(C(C)C)=N1. The lowest BCUT2D eigenvalue weighted by atomic mass is 10.0. The summed E-state index contributed by atoms with van der Waals surface area (Å²) in [6, 6.07) is 0. The molecule has 1 aliphatic heterocycles. The zero-order valence-electron chi connectivity index (χ0n) is 7.31. The highest BCUT2D eigenvalue weighted by molar-refractivity contribution is 6.04. The third-order valence-corrected chi connectivity index (χ3v) is 1.73. The summed E-state index contributed by atoms with van der Waals surface area (Å²) in [5.41, 5.74) is 6.05. The molecule has 1 heterocycles. The highest BCUT2D eigenvalue weighted by Gasteiger charge is 2.13. The summed E-state index contributed by atoms with van der Waals surface area (Å²) in [5, 5.41) is 0. The van der Waals surface area contributed by atoms with E-state index in [0.717, 1.165) is 11.4 Å². The van der Waals surface area contributed by atoms with Gasteiger partial charge in [-0.2, -0.15) is 0 Å². The fourth-order valence-electron chi connectivity index (χ4n) is 1.20. The van der Waals surface area contributed by atoms with Crippen LogP contribution in [0.15, 0.2) is 34.6 Å². The van der Waals surface area contributed by atoms with Crippen molar-refractivity contribution in [3.05, 3.63) is 29.7 Å². The lowest BCUT2D eigenvalue weighted by molar-refractivity contribution is 0.884. The number of rotatable bonds is 1. The molecular weight excluding hydrogens is 134 g/mol. The van der Waals surface area contributed by atoms with E-state index in [4.69, 9.17) is 0 Å². The smallest absolute Gasteiger partial charge is 0.105 e. The Morgan fingerprint density at radius 1 is 1.55 bits per heavy atom. The number of nitrogens with zero attached hydrogens (tertiary/aromatic N) is 1. The van der Waals surface area contributed by atoms with Crippen molar-refractivity contribution in [2.45, 2.75) is 20.8 Å². The summed E-state index contributed by atoms with van der Waals surface area (Å²) in [6.07, 6.45) is 2.02. The molecule has 1 rings (SSSR count). The number of aliphatic imine (C=N–C) groups is 1. The second-order valence-electron chi connectivity index (χ2n) is 3.04. The Morgan fingerprint density at radius 2 is 2.18 bits per heavy atom. The summed E-state index contributed by atoms with van der Waals surface area (Å²) < 4.78 is 0. The molecule has 0 spiro atoms. The van der Waals surface area contributed by atoms with Gasteiger partial charge in [0.05, 0.1) is 0 Å². The average molecular weight is 147 g/mol. The predicted octanol–water partition coefficient (Wildman–Crippen LogP) is 2.71. The molecule has 0 saturated carbocycles. The Balaban J connectivity index is 3.03. The van der Waals surface area contributed by atoms with Gasteiger partial charge >= 0.3 is 0 Å². The third-order valence-electron chi connectivity index (χ3n) is 1.73. The van der Waals surface area contributed by atoms with Crippen LogP contribution in [0.1, 0.15) is 20.8 Å². The van der Waals surface area contributed by atoms with Crippen LogP contribution in [0.3, 0.4) is 0 Å². The number of hydrogen-bond donors (Lipinski definition) is 0. The van der Waals surface area contributed by atoms with Gasteiger partial charge in [0.15, 0.2) is 0 Å². The molecule has 0 aliphatic carbocycles. The molecule has 0 radical (unpaired) electrons. The summed E-state index contributed by atoms with van der Waals surface area (Å²) >= 11 is 0. The largest absolute Gasteiger partial charge is 0.244 e. The van der Waals surface area contributed by atoms with Crippen LogP contribution in [0.25, 0.3) is 0 Å². The first kappa shape index (κ1) is 8.03. The van der Waals surface area contributed by atoms with E-state index in [2.05, 4.69) is 38.1 Å². The molecule has 0 fully saturated rings. The Labute approximate surface area is 67.8 Å². The molecular formula is C10H13N. The number of hydrogen-bond acceptors (Lipinski definition) is 1. The molecule has 1 nitrogen and oxygen atoms in total. The van der Waals surface area contributed by atoms with Crippen molar-refractivity contribution >= 4 is 5.71 Å². The van der Waals surface area contributed by atoms with Gasteiger partial charge in [0, 0.05) is 5.71 Å². The molecule has 0 aromatic rings. The van der Waals surface area contributed by atoms with Gasteiger partial charge in [0.25, 0.3) is 0 Å². The molecule has 0 aromatic heterocycles. The molecule has 0 aromatic carbocycles. The topological polar surface area (TPSA) is 12.4 Å². The quantitative estimate of drug-likeness (QED) is 0.506. The Bertz CT molecular complexity index is 273. The van der Waals surface area contributed by atoms with Gasteiger partial charge < -0.3 is 0 Å². The van der Waals surface area contributed by atoms with E-state index in [1.165, 1.54) is 5.57 Å². The standard InChI is InChI=1S/C10H13N/c1-5-9-6-8(4)10(11-9)7(2)3/h6-7H,1H2,2-4H3. The second kappa shape index (κ2) is 2.89. The molecule has 0 amide bonds. The van der Waals surface area contributed by atoms with Gasteiger partial charge in [-0.15, -0.1) is 5.73 Å². The van der Waals surface area contributed by atoms with Crippen molar-refractivity contribution in [3.8, 4) is 0 Å². The minimum atomic E-state index is 0.497. The summed E-state index contributed by atoms with van der Waals surface area (Å²) in [6.45, 7) is 9.91. The van der Waals surface area contributed by atoms with Crippen LogP contribution < -0.4 is 0 Å². The Hall–Kier alpha value is -1.07. The molecule has 58 valence electrons. The van der Waals surface area contributed by atoms with Gasteiger partial charge in [-0.25, -0.2) is 4.99 Å². The second-order valence-corrected chi connectivity index (χ2v) is 3.04. The van der Waals surface area contributed by atoms with Crippen LogP contribution in [-0.2, 0) is 0 Å². The molecule has 1 heteroatoms. The molecule has 0 bridgehead atoms. The third kappa shape index (κ3) is 1.50. The fraction of sp³-hybridized carbons (Fsp3) is 0.400. The van der Waals surface area contributed by atoms with Crippen molar-refractivity contribution in [2.75, 3.05) is 0 Å². The van der Waals surface area contributed by atoms with Crippen LogP contribution in [-0.4, -0.2) is 5.71 Å². The summed E-state index contributed by atoms with van der Waals surface area (Å²) in [4.78, 5) is 4.35. The minimum Gasteiger partial charge on any atom is -0.244 e. The molecule has 0 N–H and O–H groups in total. The maximum Gasteiger partial charge on any atom is 0.105 e. The molecule has 0 atom stereocenters. The summed E-state index contributed by atoms with van der Waals surface area (Å²) in [5.74, 6) is 0.497. The highest BCUT2D eigenvalue weighted by Crippen LogP contribution is 2.19. The maximum atomic E-state index is 4.35.